The summed E-state index contributed by atoms with van der Waals surface area (Å²) in [6.07, 6.45) is 0.0111. The molecule has 88 valence electrons. The van der Waals surface area contributed by atoms with Crippen LogP contribution in [0.25, 0.3) is 0 Å². The fourth-order valence-corrected chi connectivity index (χ4v) is 1.33. The summed E-state index contributed by atoms with van der Waals surface area (Å²) in [5.41, 5.74) is 6.24. The lowest BCUT2D eigenvalue weighted by Crippen LogP contribution is -2.16. The zero-order valence-corrected chi connectivity index (χ0v) is 9.27. The molecular formula is C11H15NO4. The minimum Gasteiger partial charge on any atom is -0.508 e. The number of carbonyl (C=O) groups excluding carboxylic acids is 1. The van der Waals surface area contributed by atoms with Gasteiger partial charge >= 0.3 is 5.97 Å². The Hall–Kier alpha value is -1.75. The summed E-state index contributed by atoms with van der Waals surface area (Å²) >= 11 is 0. The minimum atomic E-state index is -0.609. The van der Waals surface area contributed by atoms with Crippen molar-refractivity contribution in [3.05, 3.63) is 23.8 Å². The lowest BCUT2D eigenvalue weighted by atomic mass is 10.0. The highest BCUT2D eigenvalue weighted by molar-refractivity contribution is 5.70. The molecule has 5 nitrogen and oxygen atoms in total. The number of nitrogens with two attached hydrogens (primary N) is 1. The molecule has 0 bridgehead atoms. The summed E-state index contributed by atoms with van der Waals surface area (Å²) in [7, 11) is 2.81. The van der Waals surface area contributed by atoms with Crippen LogP contribution in [-0.2, 0) is 9.53 Å². The summed E-state index contributed by atoms with van der Waals surface area (Å²) < 4.78 is 9.52. The van der Waals surface area contributed by atoms with Crippen molar-refractivity contribution in [2.24, 2.45) is 5.73 Å². The van der Waals surface area contributed by atoms with Gasteiger partial charge in [-0.1, -0.05) is 0 Å². The average Bonchev–Trinajstić information content (AvgIpc) is 2.29. The predicted molar refractivity (Wildman–Crippen MR) is 58.2 cm³/mol. The van der Waals surface area contributed by atoms with E-state index in [1.54, 1.807) is 12.1 Å². The molecule has 16 heavy (non-hydrogen) atoms. The first-order valence-electron chi connectivity index (χ1n) is 4.77. The molecule has 0 heterocycles. The molecular weight excluding hydrogens is 210 g/mol. The van der Waals surface area contributed by atoms with Crippen LogP contribution in [0.3, 0.4) is 0 Å². The topological polar surface area (TPSA) is 81.8 Å². The number of rotatable bonds is 4. The van der Waals surface area contributed by atoms with Crippen LogP contribution in [0.5, 0.6) is 11.5 Å². The fourth-order valence-electron chi connectivity index (χ4n) is 1.33. The van der Waals surface area contributed by atoms with Gasteiger partial charge in [0.15, 0.2) is 0 Å². The Bertz CT molecular complexity index is 378. The zero-order chi connectivity index (χ0) is 12.1. The number of benzene rings is 1. The van der Waals surface area contributed by atoms with E-state index >= 15 is 0 Å². The molecule has 0 spiro atoms. The van der Waals surface area contributed by atoms with Crippen molar-refractivity contribution >= 4 is 5.97 Å². The number of phenols is 1. The number of carbonyl (C=O) groups is 1. The van der Waals surface area contributed by atoms with Crippen molar-refractivity contribution in [2.75, 3.05) is 14.2 Å². The van der Waals surface area contributed by atoms with Crippen molar-refractivity contribution in [3.63, 3.8) is 0 Å². The molecule has 0 radical (unpaired) electrons. The normalized spacial score (nSPS) is 11.9. The molecule has 0 aliphatic heterocycles. The van der Waals surface area contributed by atoms with Crippen LogP contribution in [0.4, 0.5) is 0 Å². The first-order valence-corrected chi connectivity index (χ1v) is 4.77. The third kappa shape index (κ3) is 2.87. The van der Waals surface area contributed by atoms with E-state index in [1.165, 1.54) is 20.3 Å². The second kappa shape index (κ2) is 5.37. The summed E-state index contributed by atoms with van der Waals surface area (Å²) in [6, 6.07) is 4.08. The van der Waals surface area contributed by atoms with Gasteiger partial charge in [-0.25, -0.2) is 0 Å². The molecule has 0 fully saturated rings. The molecule has 0 unspecified atom stereocenters. The van der Waals surface area contributed by atoms with Crippen LogP contribution >= 0.6 is 0 Å². The largest absolute Gasteiger partial charge is 0.508 e. The highest BCUT2D eigenvalue weighted by Crippen LogP contribution is 2.28. The molecule has 0 aliphatic rings. The van der Waals surface area contributed by atoms with Crippen LogP contribution in [-0.4, -0.2) is 25.3 Å². The smallest absolute Gasteiger partial charge is 0.307 e. The molecule has 0 saturated heterocycles. The van der Waals surface area contributed by atoms with Crippen molar-refractivity contribution in [2.45, 2.75) is 12.5 Å². The maximum Gasteiger partial charge on any atom is 0.307 e. The van der Waals surface area contributed by atoms with Crippen molar-refractivity contribution in [1.82, 2.24) is 0 Å². The van der Waals surface area contributed by atoms with Crippen LogP contribution in [0.15, 0.2) is 18.2 Å². The van der Waals surface area contributed by atoms with Gasteiger partial charge in [0, 0.05) is 11.6 Å². The number of esters is 1. The maximum atomic E-state index is 11.0. The molecule has 1 rings (SSSR count). The van der Waals surface area contributed by atoms with Crippen molar-refractivity contribution in [3.8, 4) is 11.5 Å². The van der Waals surface area contributed by atoms with Crippen molar-refractivity contribution in [1.29, 1.82) is 0 Å². The molecule has 0 amide bonds. The minimum absolute atomic E-state index is 0.0111. The first-order chi connectivity index (χ1) is 7.58. The Morgan fingerprint density at radius 2 is 2.19 bits per heavy atom. The number of phenolic OH excluding ortho intramolecular Hbond substituents is 1. The van der Waals surface area contributed by atoms with E-state index in [1.807, 2.05) is 0 Å². The van der Waals surface area contributed by atoms with Gasteiger partial charge in [-0.15, -0.1) is 0 Å². The molecule has 1 atom stereocenters. The highest BCUT2D eigenvalue weighted by atomic mass is 16.5. The number of hydrogen-bond acceptors (Lipinski definition) is 5. The number of ether oxygens (including phenoxy) is 2. The van der Waals surface area contributed by atoms with Crippen LogP contribution in [0.1, 0.15) is 18.0 Å². The van der Waals surface area contributed by atoms with Gasteiger partial charge in [0.2, 0.25) is 0 Å². The monoisotopic (exact) mass is 225 g/mol. The van der Waals surface area contributed by atoms with Crippen LogP contribution < -0.4 is 10.5 Å². The summed E-state index contributed by atoms with van der Waals surface area (Å²) in [4.78, 5) is 11.0. The first kappa shape index (κ1) is 12.3. The fraction of sp³-hybridized carbons (Fsp3) is 0.364. The Labute approximate surface area is 93.8 Å². The molecule has 0 aromatic heterocycles. The van der Waals surface area contributed by atoms with E-state index in [0.29, 0.717) is 11.3 Å². The Kier molecular flexibility index (Phi) is 4.13. The van der Waals surface area contributed by atoms with E-state index in [-0.39, 0.29) is 12.2 Å². The molecule has 1 aromatic rings. The Balaban J connectivity index is 2.88. The van der Waals surface area contributed by atoms with E-state index < -0.39 is 12.0 Å². The van der Waals surface area contributed by atoms with Gasteiger partial charge in [0.05, 0.1) is 20.6 Å². The van der Waals surface area contributed by atoms with Gasteiger partial charge in [-0.2, -0.15) is 0 Å². The number of aromatic hydroxyl groups is 1. The number of methoxy groups -OCH3 is 2. The highest BCUT2D eigenvalue weighted by Gasteiger charge is 2.16. The Morgan fingerprint density at radius 1 is 1.50 bits per heavy atom. The van der Waals surface area contributed by atoms with Gasteiger partial charge in [-0.3, -0.25) is 4.79 Å². The summed E-state index contributed by atoms with van der Waals surface area (Å²) in [5, 5.41) is 9.60. The summed E-state index contributed by atoms with van der Waals surface area (Å²) in [5.74, 6) is 0.194. The molecule has 0 saturated carbocycles. The van der Waals surface area contributed by atoms with Gasteiger partial charge in [0.1, 0.15) is 11.5 Å². The van der Waals surface area contributed by atoms with E-state index in [0.717, 1.165) is 0 Å². The zero-order valence-electron chi connectivity index (χ0n) is 9.27. The standard InChI is InChI=1S/C11H15NO4/c1-15-7-3-4-10(13)8(5-7)9(12)6-11(14)16-2/h3-5,9,13H,6,12H2,1-2H3/t9-/m0/s1. The van der Waals surface area contributed by atoms with Gasteiger partial charge in [-0.05, 0) is 18.2 Å². The van der Waals surface area contributed by atoms with Gasteiger partial charge in [0.25, 0.3) is 0 Å². The summed E-state index contributed by atoms with van der Waals surface area (Å²) in [6.45, 7) is 0. The van der Waals surface area contributed by atoms with Gasteiger partial charge < -0.3 is 20.3 Å². The SMILES string of the molecule is COC(=O)C[C@H](N)c1cc(OC)ccc1O. The second-order valence-electron chi connectivity index (χ2n) is 3.31. The van der Waals surface area contributed by atoms with Crippen molar-refractivity contribution < 1.29 is 19.4 Å². The second-order valence-corrected chi connectivity index (χ2v) is 3.31. The molecule has 3 N–H and O–H groups in total. The van der Waals surface area contributed by atoms with Crippen LogP contribution in [0.2, 0.25) is 0 Å². The number of hydrogen-bond donors (Lipinski definition) is 2. The Morgan fingerprint density at radius 3 is 2.75 bits per heavy atom. The average molecular weight is 225 g/mol. The third-order valence-corrected chi connectivity index (χ3v) is 2.25. The van der Waals surface area contributed by atoms with E-state index in [9.17, 15) is 9.90 Å². The third-order valence-electron chi connectivity index (χ3n) is 2.25. The quantitative estimate of drug-likeness (QED) is 0.746. The maximum absolute atomic E-state index is 11.0. The lowest BCUT2D eigenvalue weighted by Gasteiger charge is -2.13. The van der Waals surface area contributed by atoms with Crippen LogP contribution in [0, 0.1) is 0 Å². The predicted octanol–water partition coefficient (Wildman–Crippen LogP) is 0.964. The molecule has 0 aliphatic carbocycles. The van der Waals surface area contributed by atoms with E-state index in [2.05, 4.69) is 4.74 Å². The lowest BCUT2D eigenvalue weighted by molar-refractivity contribution is -0.141. The van der Waals surface area contributed by atoms with E-state index in [4.69, 9.17) is 10.5 Å². The molecule has 1 aromatic carbocycles. The molecule has 5 heteroatoms.